The van der Waals surface area contributed by atoms with Gasteiger partial charge in [-0.2, -0.15) is 5.10 Å². The number of aromatic amines is 1. The van der Waals surface area contributed by atoms with E-state index in [2.05, 4.69) is 25.5 Å². The quantitative estimate of drug-likeness (QED) is 0.463. The Kier molecular flexibility index (Phi) is 4.25. The Hall–Kier alpha value is -4.40. The standard InChI is InChI=1S/C21H15N5O4/c27-20(28)13-2-1-3-14(8-13)24-21-22-7-6-16(25-21)15-10-23-26-19(15)12-4-5-17-18(9-12)30-11-29-17/h1-10H,11H2,(H,23,26)(H,27,28)(H,22,24,25). The molecule has 9 nitrogen and oxygen atoms in total. The summed E-state index contributed by atoms with van der Waals surface area (Å²) in [6.45, 7) is 0.207. The van der Waals surface area contributed by atoms with Crippen molar-refractivity contribution in [2.24, 2.45) is 0 Å². The van der Waals surface area contributed by atoms with Crippen LogP contribution in [0.2, 0.25) is 0 Å². The van der Waals surface area contributed by atoms with Crippen molar-refractivity contribution in [3.05, 3.63) is 66.5 Å². The zero-order chi connectivity index (χ0) is 20.5. The minimum Gasteiger partial charge on any atom is -0.478 e. The predicted molar refractivity (Wildman–Crippen MR) is 108 cm³/mol. The van der Waals surface area contributed by atoms with Crippen LogP contribution in [0.3, 0.4) is 0 Å². The fraction of sp³-hybridized carbons (Fsp3) is 0.0476. The molecule has 0 atom stereocenters. The number of aromatic carboxylic acids is 1. The normalized spacial score (nSPS) is 12.0. The summed E-state index contributed by atoms with van der Waals surface area (Å²) in [5.74, 6) is 0.723. The molecule has 0 aliphatic carbocycles. The van der Waals surface area contributed by atoms with Gasteiger partial charge in [0.25, 0.3) is 0 Å². The van der Waals surface area contributed by atoms with Crippen molar-refractivity contribution in [1.29, 1.82) is 0 Å². The monoisotopic (exact) mass is 401 g/mol. The van der Waals surface area contributed by atoms with Gasteiger partial charge in [-0.05, 0) is 42.5 Å². The molecule has 2 aromatic heterocycles. The van der Waals surface area contributed by atoms with E-state index in [9.17, 15) is 4.79 Å². The van der Waals surface area contributed by atoms with E-state index < -0.39 is 5.97 Å². The maximum Gasteiger partial charge on any atom is 0.335 e. The van der Waals surface area contributed by atoms with Crippen molar-refractivity contribution >= 4 is 17.6 Å². The summed E-state index contributed by atoms with van der Waals surface area (Å²) in [5, 5.41) is 19.4. The van der Waals surface area contributed by atoms with E-state index in [-0.39, 0.29) is 12.4 Å². The molecule has 0 amide bonds. The molecule has 3 heterocycles. The molecule has 9 heteroatoms. The Morgan fingerprint density at radius 3 is 2.90 bits per heavy atom. The molecule has 30 heavy (non-hydrogen) atoms. The largest absolute Gasteiger partial charge is 0.478 e. The van der Waals surface area contributed by atoms with E-state index in [4.69, 9.17) is 14.6 Å². The van der Waals surface area contributed by atoms with Crippen LogP contribution in [0.4, 0.5) is 11.6 Å². The number of carboxylic acids is 1. The molecule has 1 aliphatic rings. The van der Waals surface area contributed by atoms with Crippen molar-refractivity contribution < 1.29 is 19.4 Å². The number of rotatable bonds is 5. The van der Waals surface area contributed by atoms with Gasteiger partial charge in [-0.1, -0.05) is 6.07 Å². The Balaban J connectivity index is 1.46. The Morgan fingerprint density at radius 1 is 1.10 bits per heavy atom. The molecule has 0 bridgehead atoms. The zero-order valence-corrected chi connectivity index (χ0v) is 15.5. The summed E-state index contributed by atoms with van der Waals surface area (Å²) in [4.78, 5) is 20.0. The van der Waals surface area contributed by atoms with Gasteiger partial charge in [0, 0.05) is 23.0 Å². The van der Waals surface area contributed by atoms with Gasteiger partial charge in [-0.15, -0.1) is 0 Å². The Morgan fingerprint density at radius 2 is 2.00 bits per heavy atom. The van der Waals surface area contributed by atoms with Crippen LogP contribution in [0.25, 0.3) is 22.5 Å². The number of H-pyrrole nitrogens is 1. The van der Waals surface area contributed by atoms with Crippen molar-refractivity contribution in [3.8, 4) is 34.0 Å². The zero-order valence-electron chi connectivity index (χ0n) is 15.5. The third-order valence-electron chi connectivity index (χ3n) is 4.60. The fourth-order valence-corrected chi connectivity index (χ4v) is 3.18. The number of benzene rings is 2. The highest BCUT2D eigenvalue weighted by atomic mass is 16.7. The summed E-state index contributed by atoms with van der Waals surface area (Å²) < 4.78 is 10.8. The number of carbonyl (C=O) groups is 1. The van der Waals surface area contributed by atoms with Crippen LogP contribution in [0.1, 0.15) is 10.4 Å². The average molecular weight is 401 g/mol. The van der Waals surface area contributed by atoms with Gasteiger partial charge in [-0.3, -0.25) is 5.10 Å². The number of anilines is 2. The minimum absolute atomic E-state index is 0.177. The lowest BCUT2D eigenvalue weighted by atomic mass is 10.1. The average Bonchev–Trinajstić information content (AvgIpc) is 3.43. The highest BCUT2D eigenvalue weighted by molar-refractivity contribution is 5.89. The van der Waals surface area contributed by atoms with E-state index >= 15 is 0 Å². The summed E-state index contributed by atoms with van der Waals surface area (Å²) in [7, 11) is 0. The highest BCUT2D eigenvalue weighted by Crippen LogP contribution is 2.38. The van der Waals surface area contributed by atoms with Crippen LogP contribution in [0.5, 0.6) is 11.5 Å². The highest BCUT2D eigenvalue weighted by Gasteiger charge is 2.17. The third kappa shape index (κ3) is 3.28. The topological polar surface area (TPSA) is 122 Å². The number of hydrogen-bond donors (Lipinski definition) is 3. The smallest absolute Gasteiger partial charge is 0.335 e. The van der Waals surface area contributed by atoms with Crippen LogP contribution < -0.4 is 14.8 Å². The second kappa shape index (κ2) is 7.21. The molecule has 3 N–H and O–H groups in total. The van der Waals surface area contributed by atoms with Gasteiger partial charge in [0.15, 0.2) is 11.5 Å². The molecular weight excluding hydrogens is 386 g/mol. The number of aromatic nitrogens is 4. The molecule has 1 aliphatic heterocycles. The van der Waals surface area contributed by atoms with Crippen molar-refractivity contribution in [2.75, 3.05) is 12.1 Å². The summed E-state index contributed by atoms with van der Waals surface area (Å²) >= 11 is 0. The first-order chi connectivity index (χ1) is 14.7. The van der Waals surface area contributed by atoms with Gasteiger partial charge in [-0.25, -0.2) is 14.8 Å². The van der Waals surface area contributed by atoms with Crippen molar-refractivity contribution in [2.45, 2.75) is 0 Å². The lowest BCUT2D eigenvalue weighted by Gasteiger charge is -2.08. The predicted octanol–water partition coefficient (Wildman–Crippen LogP) is 3.70. The van der Waals surface area contributed by atoms with Crippen molar-refractivity contribution in [1.82, 2.24) is 20.2 Å². The van der Waals surface area contributed by atoms with E-state index in [0.29, 0.717) is 28.8 Å². The molecule has 0 unspecified atom stereocenters. The number of fused-ring (bicyclic) bond motifs is 1. The summed E-state index contributed by atoms with van der Waals surface area (Å²) in [5.41, 5.74) is 3.87. The number of carboxylic acid groups (broad SMARTS) is 1. The summed E-state index contributed by atoms with van der Waals surface area (Å²) in [6, 6.07) is 13.9. The second-order valence-electron chi connectivity index (χ2n) is 6.50. The summed E-state index contributed by atoms with van der Waals surface area (Å²) in [6.07, 6.45) is 3.32. The number of hydrogen-bond acceptors (Lipinski definition) is 7. The molecular formula is C21H15N5O4. The minimum atomic E-state index is -1.000. The molecule has 5 rings (SSSR count). The number of nitrogens with zero attached hydrogens (tertiary/aromatic N) is 3. The fourth-order valence-electron chi connectivity index (χ4n) is 3.18. The molecule has 2 aromatic carbocycles. The van der Waals surface area contributed by atoms with Gasteiger partial charge < -0.3 is 19.9 Å². The van der Waals surface area contributed by atoms with Gasteiger partial charge >= 0.3 is 5.97 Å². The maximum atomic E-state index is 11.2. The first-order valence-corrected chi connectivity index (χ1v) is 9.04. The first-order valence-electron chi connectivity index (χ1n) is 9.04. The van der Waals surface area contributed by atoms with Crippen LogP contribution in [0.15, 0.2) is 60.9 Å². The number of nitrogens with one attached hydrogen (secondary N) is 2. The second-order valence-corrected chi connectivity index (χ2v) is 6.50. The maximum absolute atomic E-state index is 11.2. The van der Waals surface area contributed by atoms with Crippen molar-refractivity contribution in [3.63, 3.8) is 0 Å². The van der Waals surface area contributed by atoms with Gasteiger partial charge in [0.05, 0.1) is 23.1 Å². The van der Waals surface area contributed by atoms with E-state index in [1.54, 1.807) is 30.6 Å². The molecule has 0 fully saturated rings. The molecule has 0 saturated carbocycles. The lowest BCUT2D eigenvalue weighted by Crippen LogP contribution is -2.00. The van der Waals surface area contributed by atoms with Gasteiger partial charge in [0.1, 0.15) is 0 Å². The van der Waals surface area contributed by atoms with Crippen LogP contribution in [-0.2, 0) is 0 Å². The molecule has 148 valence electrons. The van der Waals surface area contributed by atoms with E-state index in [0.717, 1.165) is 16.8 Å². The van der Waals surface area contributed by atoms with E-state index in [1.807, 2.05) is 18.2 Å². The van der Waals surface area contributed by atoms with Crippen LogP contribution >= 0.6 is 0 Å². The van der Waals surface area contributed by atoms with Gasteiger partial charge in [0.2, 0.25) is 12.7 Å². The third-order valence-corrected chi connectivity index (χ3v) is 4.60. The van der Waals surface area contributed by atoms with Crippen LogP contribution in [0, 0.1) is 0 Å². The molecule has 0 saturated heterocycles. The molecule has 0 radical (unpaired) electrons. The Labute approximate surface area is 170 Å². The first kappa shape index (κ1) is 17.7. The Bertz CT molecular complexity index is 1250. The molecule has 4 aromatic rings. The van der Waals surface area contributed by atoms with E-state index in [1.165, 1.54) is 12.1 Å². The number of ether oxygens (including phenoxy) is 2. The lowest BCUT2D eigenvalue weighted by molar-refractivity contribution is 0.0697. The van der Waals surface area contributed by atoms with Crippen LogP contribution in [-0.4, -0.2) is 38.0 Å². The SMILES string of the molecule is O=C(O)c1cccc(Nc2nccc(-c3cn[nH]c3-c3ccc4c(c3)OCO4)n2)c1. The molecule has 0 spiro atoms.